The average Bonchev–Trinajstić information content (AvgIpc) is 3.07. The molecule has 3 rings (SSSR count). The molecule has 0 saturated carbocycles. The van der Waals surface area contributed by atoms with Crippen molar-refractivity contribution in [1.82, 2.24) is 10.3 Å². The van der Waals surface area contributed by atoms with Gasteiger partial charge < -0.3 is 14.5 Å². The van der Waals surface area contributed by atoms with Crippen LogP contribution in [0.15, 0.2) is 58.2 Å². The predicted octanol–water partition coefficient (Wildman–Crippen LogP) is 4.20. The van der Waals surface area contributed by atoms with Crippen LogP contribution in [0.4, 0.5) is 0 Å². The Bertz CT molecular complexity index is 813. The van der Waals surface area contributed by atoms with Crippen LogP contribution in [0.1, 0.15) is 18.4 Å². The zero-order valence-corrected chi connectivity index (χ0v) is 15.6. The summed E-state index contributed by atoms with van der Waals surface area (Å²) in [6.07, 6.45) is 1.78. The van der Waals surface area contributed by atoms with E-state index in [0.717, 1.165) is 29.7 Å². The molecule has 0 aliphatic rings. The first kappa shape index (κ1) is 18.3. The molecule has 1 aromatic heterocycles. The molecule has 26 heavy (non-hydrogen) atoms. The van der Waals surface area contributed by atoms with Crippen molar-refractivity contribution in [3.05, 3.63) is 54.1 Å². The van der Waals surface area contributed by atoms with Crippen molar-refractivity contribution in [3.63, 3.8) is 0 Å². The Morgan fingerprint density at radius 3 is 2.77 bits per heavy atom. The molecule has 1 amide bonds. The topological polar surface area (TPSA) is 64.4 Å². The number of carbonyl (C=O) groups excluding carboxylic acids is 1. The molecule has 0 atom stereocenters. The van der Waals surface area contributed by atoms with Crippen molar-refractivity contribution in [3.8, 4) is 5.75 Å². The van der Waals surface area contributed by atoms with Crippen LogP contribution in [0.25, 0.3) is 11.1 Å². The number of carbonyl (C=O) groups is 1. The number of nitrogens with zero attached hydrogens (tertiary/aromatic N) is 1. The normalized spacial score (nSPS) is 10.8. The monoisotopic (exact) mass is 370 g/mol. The van der Waals surface area contributed by atoms with Crippen molar-refractivity contribution < 1.29 is 13.9 Å². The number of aryl methyl sites for hydroxylation is 1. The van der Waals surface area contributed by atoms with Gasteiger partial charge >= 0.3 is 0 Å². The highest BCUT2D eigenvalue weighted by molar-refractivity contribution is 7.99. The molecule has 2 aromatic carbocycles. The van der Waals surface area contributed by atoms with E-state index in [1.165, 1.54) is 17.3 Å². The van der Waals surface area contributed by atoms with Gasteiger partial charge in [0.1, 0.15) is 11.3 Å². The summed E-state index contributed by atoms with van der Waals surface area (Å²) in [5, 5.41) is 3.43. The van der Waals surface area contributed by atoms with Crippen LogP contribution in [0.5, 0.6) is 5.75 Å². The van der Waals surface area contributed by atoms with Gasteiger partial charge in [0, 0.05) is 6.54 Å². The minimum absolute atomic E-state index is 0.0169. The molecule has 1 N–H and O–H groups in total. The summed E-state index contributed by atoms with van der Waals surface area (Å²) >= 11 is 1.31. The smallest absolute Gasteiger partial charge is 0.257 e. The molecule has 3 aromatic rings. The first-order chi connectivity index (χ1) is 12.7. The van der Waals surface area contributed by atoms with E-state index in [9.17, 15) is 4.79 Å². The van der Waals surface area contributed by atoms with E-state index in [0.29, 0.717) is 24.1 Å². The Labute approximate surface area is 157 Å². The number of hydrogen-bond acceptors (Lipinski definition) is 5. The summed E-state index contributed by atoms with van der Waals surface area (Å²) in [5.41, 5.74) is 2.77. The Morgan fingerprint density at radius 1 is 1.15 bits per heavy atom. The van der Waals surface area contributed by atoms with Gasteiger partial charge in [-0.1, -0.05) is 41.6 Å². The molecule has 0 aliphatic heterocycles. The fourth-order valence-corrected chi connectivity index (χ4v) is 3.04. The fourth-order valence-electron chi connectivity index (χ4n) is 2.37. The fraction of sp³-hybridized carbons (Fsp3) is 0.300. The average molecular weight is 370 g/mol. The first-order valence-electron chi connectivity index (χ1n) is 8.65. The van der Waals surface area contributed by atoms with Crippen LogP contribution in [0, 0.1) is 6.92 Å². The van der Waals surface area contributed by atoms with Gasteiger partial charge in [0.05, 0.1) is 12.4 Å². The summed E-state index contributed by atoms with van der Waals surface area (Å²) in [6.45, 7) is 3.34. The van der Waals surface area contributed by atoms with Crippen LogP contribution < -0.4 is 10.1 Å². The van der Waals surface area contributed by atoms with Gasteiger partial charge in [-0.05, 0) is 44.0 Å². The Hall–Kier alpha value is -2.47. The number of oxazole rings is 1. The third kappa shape index (κ3) is 5.52. The number of thioether (sulfide) groups is 1. The number of rotatable bonds is 9. The number of para-hydroxylation sites is 2. The molecular formula is C20H22N2O3S. The maximum atomic E-state index is 11.9. The second kappa shape index (κ2) is 9.29. The van der Waals surface area contributed by atoms with Crippen LogP contribution in [-0.2, 0) is 4.79 Å². The molecular weight excluding hydrogens is 348 g/mol. The number of fused-ring (bicyclic) bond motifs is 1. The number of ether oxygens (including phenoxy) is 1. The molecule has 6 heteroatoms. The van der Waals surface area contributed by atoms with Crippen LogP contribution in [0.3, 0.4) is 0 Å². The van der Waals surface area contributed by atoms with Gasteiger partial charge in [-0.25, -0.2) is 4.98 Å². The standard InChI is InChI=1S/C20H22N2O3S/c1-15-8-10-16(11-9-15)24-13-5-4-12-21-19(23)14-26-20-22-17-6-2-3-7-18(17)25-20/h2-3,6-11H,4-5,12-14H2,1H3,(H,21,23). The third-order valence-electron chi connectivity index (χ3n) is 3.78. The van der Waals surface area contributed by atoms with Gasteiger partial charge in [0.15, 0.2) is 5.58 Å². The molecule has 0 saturated heterocycles. The second-order valence-electron chi connectivity index (χ2n) is 5.95. The van der Waals surface area contributed by atoms with Crippen molar-refractivity contribution in [1.29, 1.82) is 0 Å². The highest BCUT2D eigenvalue weighted by atomic mass is 32.2. The minimum atomic E-state index is -0.0169. The maximum absolute atomic E-state index is 11.9. The van der Waals surface area contributed by atoms with Crippen molar-refractivity contribution in [2.24, 2.45) is 0 Å². The van der Waals surface area contributed by atoms with Crippen LogP contribution >= 0.6 is 11.8 Å². The predicted molar refractivity (Wildman–Crippen MR) is 104 cm³/mol. The van der Waals surface area contributed by atoms with E-state index < -0.39 is 0 Å². The van der Waals surface area contributed by atoms with E-state index in [4.69, 9.17) is 9.15 Å². The number of amides is 1. The van der Waals surface area contributed by atoms with Crippen molar-refractivity contribution in [2.45, 2.75) is 25.0 Å². The van der Waals surface area contributed by atoms with Crippen LogP contribution in [0.2, 0.25) is 0 Å². The second-order valence-corrected chi connectivity index (χ2v) is 6.88. The number of nitrogens with one attached hydrogen (secondary N) is 1. The van der Waals surface area contributed by atoms with E-state index in [1.54, 1.807) is 0 Å². The minimum Gasteiger partial charge on any atom is -0.494 e. The molecule has 5 nitrogen and oxygen atoms in total. The molecule has 136 valence electrons. The molecule has 1 heterocycles. The van der Waals surface area contributed by atoms with E-state index in [1.807, 2.05) is 48.5 Å². The zero-order valence-electron chi connectivity index (χ0n) is 14.7. The molecule has 0 spiro atoms. The molecule has 0 unspecified atom stereocenters. The van der Waals surface area contributed by atoms with Gasteiger partial charge in [-0.3, -0.25) is 4.79 Å². The highest BCUT2D eigenvalue weighted by Crippen LogP contribution is 2.22. The van der Waals surface area contributed by atoms with E-state index >= 15 is 0 Å². The van der Waals surface area contributed by atoms with Crippen molar-refractivity contribution >= 4 is 28.8 Å². The van der Waals surface area contributed by atoms with Gasteiger partial charge in [-0.15, -0.1) is 0 Å². The molecule has 0 aliphatic carbocycles. The lowest BCUT2D eigenvalue weighted by atomic mass is 10.2. The lowest BCUT2D eigenvalue weighted by Gasteiger charge is -2.07. The number of benzene rings is 2. The lowest BCUT2D eigenvalue weighted by Crippen LogP contribution is -2.26. The van der Waals surface area contributed by atoms with E-state index in [2.05, 4.69) is 17.2 Å². The zero-order chi connectivity index (χ0) is 18.2. The summed E-state index contributed by atoms with van der Waals surface area (Å²) in [7, 11) is 0. The summed E-state index contributed by atoms with van der Waals surface area (Å²) in [4.78, 5) is 16.2. The summed E-state index contributed by atoms with van der Waals surface area (Å²) in [5.74, 6) is 1.17. The summed E-state index contributed by atoms with van der Waals surface area (Å²) in [6, 6.07) is 15.6. The third-order valence-corrected chi connectivity index (χ3v) is 4.61. The molecule has 0 radical (unpaired) electrons. The Kier molecular flexibility index (Phi) is 6.55. The van der Waals surface area contributed by atoms with Crippen molar-refractivity contribution in [2.75, 3.05) is 18.9 Å². The van der Waals surface area contributed by atoms with Gasteiger partial charge in [0.25, 0.3) is 5.22 Å². The summed E-state index contributed by atoms with van der Waals surface area (Å²) < 4.78 is 11.2. The number of unbranched alkanes of at least 4 members (excludes halogenated alkanes) is 1. The number of aromatic nitrogens is 1. The first-order valence-corrected chi connectivity index (χ1v) is 9.64. The highest BCUT2D eigenvalue weighted by Gasteiger charge is 2.08. The van der Waals surface area contributed by atoms with E-state index in [-0.39, 0.29) is 5.91 Å². The quantitative estimate of drug-likeness (QED) is 0.452. The maximum Gasteiger partial charge on any atom is 0.257 e. The van der Waals surface area contributed by atoms with Gasteiger partial charge in [-0.2, -0.15) is 0 Å². The van der Waals surface area contributed by atoms with Crippen LogP contribution in [-0.4, -0.2) is 29.8 Å². The number of hydrogen-bond donors (Lipinski definition) is 1. The SMILES string of the molecule is Cc1ccc(OCCCCNC(=O)CSc2nc3ccccc3o2)cc1. The molecule has 0 bridgehead atoms. The molecule has 0 fully saturated rings. The largest absolute Gasteiger partial charge is 0.494 e. The Morgan fingerprint density at radius 2 is 1.96 bits per heavy atom. The lowest BCUT2D eigenvalue weighted by molar-refractivity contribution is -0.118. The Balaban J connectivity index is 1.27. The van der Waals surface area contributed by atoms with Gasteiger partial charge in [0.2, 0.25) is 5.91 Å².